The van der Waals surface area contributed by atoms with Gasteiger partial charge in [-0.1, -0.05) is 25.1 Å². The molecule has 0 bridgehead atoms. The van der Waals surface area contributed by atoms with Crippen molar-refractivity contribution in [1.29, 1.82) is 0 Å². The SMILES string of the molecule is CCNS(=O)(=O)c1ccc(C)c(C(=O)OCc2cc(=O)oc3c(C)c(C)ccc23)c1. The number of ether oxygens (including phenoxy) is 1. The summed E-state index contributed by atoms with van der Waals surface area (Å²) in [7, 11) is -3.71. The number of benzene rings is 2. The zero-order valence-electron chi connectivity index (χ0n) is 17.2. The summed E-state index contributed by atoms with van der Waals surface area (Å²) in [6, 6.07) is 9.30. The molecule has 0 aliphatic heterocycles. The van der Waals surface area contributed by atoms with Gasteiger partial charge in [0.1, 0.15) is 12.2 Å². The third-order valence-corrected chi connectivity index (χ3v) is 6.49. The van der Waals surface area contributed by atoms with E-state index < -0.39 is 21.6 Å². The van der Waals surface area contributed by atoms with E-state index in [2.05, 4.69) is 4.72 Å². The highest BCUT2D eigenvalue weighted by Gasteiger charge is 2.19. The predicted molar refractivity (Wildman–Crippen MR) is 113 cm³/mol. The highest BCUT2D eigenvalue weighted by Crippen LogP contribution is 2.24. The maximum atomic E-state index is 12.7. The molecule has 8 heteroatoms. The van der Waals surface area contributed by atoms with Crippen molar-refractivity contribution in [3.63, 3.8) is 0 Å². The summed E-state index contributed by atoms with van der Waals surface area (Å²) in [6.07, 6.45) is 0. The van der Waals surface area contributed by atoms with Crippen LogP contribution in [0, 0.1) is 20.8 Å². The van der Waals surface area contributed by atoms with Crippen LogP contribution in [-0.2, 0) is 21.4 Å². The molecule has 1 heterocycles. The molecule has 30 heavy (non-hydrogen) atoms. The molecule has 0 amide bonds. The number of sulfonamides is 1. The molecule has 0 spiro atoms. The molecule has 0 atom stereocenters. The number of nitrogens with one attached hydrogen (secondary N) is 1. The minimum Gasteiger partial charge on any atom is -0.457 e. The van der Waals surface area contributed by atoms with Gasteiger partial charge in [-0.25, -0.2) is 22.7 Å². The second-order valence-corrected chi connectivity index (χ2v) is 8.80. The Kier molecular flexibility index (Phi) is 6.09. The third kappa shape index (κ3) is 4.29. The van der Waals surface area contributed by atoms with E-state index in [0.29, 0.717) is 22.1 Å². The van der Waals surface area contributed by atoms with Gasteiger partial charge in [-0.3, -0.25) is 0 Å². The van der Waals surface area contributed by atoms with E-state index in [9.17, 15) is 18.0 Å². The van der Waals surface area contributed by atoms with E-state index in [1.54, 1.807) is 19.9 Å². The first-order valence-electron chi connectivity index (χ1n) is 9.44. The maximum absolute atomic E-state index is 12.7. The second kappa shape index (κ2) is 8.41. The molecule has 158 valence electrons. The summed E-state index contributed by atoms with van der Waals surface area (Å²) in [6.45, 7) is 7.23. The first-order chi connectivity index (χ1) is 14.1. The molecule has 7 nitrogen and oxygen atoms in total. The summed E-state index contributed by atoms with van der Waals surface area (Å²) < 4.78 is 37.6. The lowest BCUT2D eigenvalue weighted by Gasteiger charge is -2.12. The normalized spacial score (nSPS) is 11.6. The van der Waals surface area contributed by atoms with Crippen LogP contribution in [0.25, 0.3) is 11.0 Å². The van der Waals surface area contributed by atoms with Crippen LogP contribution in [0.5, 0.6) is 0 Å². The Morgan fingerprint density at radius 2 is 1.77 bits per heavy atom. The Morgan fingerprint density at radius 1 is 1.07 bits per heavy atom. The molecule has 0 radical (unpaired) electrons. The first-order valence-corrected chi connectivity index (χ1v) is 10.9. The quantitative estimate of drug-likeness (QED) is 0.476. The van der Waals surface area contributed by atoms with Crippen LogP contribution < -0.4 is 10.3 Å². The Bertz CT molecular complexity index is 1290. The van der Waals surface area contributed by atoms with Crippen LogP contribution in [0.1, 0.15) is 39.5 Å². The monoisotopic (exact) mass is 429 g/mol. The van der Waals surface area contributed by atoms with Gasteiger partial charge in [0.15, 0.2) is 0 Å². The third-order valence-electron chi connectivity index (χ3n) is 4.95. The van der Waals surface area contributed by atoms with E-state index >= 15 is 0 Å². The summed E-state index contributed by atoms with van der Waals surface area (Å²) in [5.74, 6) is -0.675. The molecule has 0 aliphatic rings. The predicted octanol–water partition coefficient (Wildman–Crippen LogP) is 3.37. The summed E-state index contributed by atoms with van der Waals surface area (Å²) in [5, 5.41) is 0.686. The largest absolute Gasteiger partial charge is 0.457 e. The van der Waals surface area contributed by atoms with Gasteiger partial charge in [0, 0.05) is 23.6 Å². The molecular weight excluding hydrogens is 406 g/mol. The van der Waals surface area contributed by atoms with Crippen molar-refractivity contribution in [2.24, 2.45) is 0 Å². The van der Waals surface area contributed by atoms with E-state index in [1.165, 1.54) is 18.2 Å². The van der Waals surface area contributed by atoms with Crippen LogP contribution in [0.15, 0.2) is 50.5 Å². The number of hydrogen-bond donors (Lipinski definition) is 1. The number of hydrogen-bond acceptors (Lipinski definition) is 6. The minimum absolute atomic E-state index is 0.0150. The van der Waals surface area contributed by atoms with Gasteiger partial charge in [-0.2, -0.15) is 0 Å². The minimum atomic E-state index is -3.71. The highest BCUT2D eigenvalue weighted by atomic mass is 32.2. The molecule has 0 saturated carbocycles. The lowest BCUT2D eigenvalue weighted by molar-refractivity contribution is 0.0472. The van der Waals surface area contributed by atoms with Crippen molar-refractivity contribution in [3.8, 4) is 0 Å². The molecule has 2 aromatic carbocycles. The van der Waals surface area contributed by atoms with Gasteiger partial charge in [-0.05, 0) is 49.6 Å². The maximum Gasteiger partial charge on any atom is 0.338 e. The van der Waals surface area contributed by atoms with Crippen LogP contribution in [0.3, 0.4) is 0 Å². The molecule has 3 aromatic rings. The summed E-state index contributed by atoms with van der Waals surface area (Å²) >= 11 is 0. The smallest absolute Gasteiger partial charge is 0.338 e. The molecular formula is C22H23NO6S. The van der Waals surface area contributed by atoms with E-state index in [-0.39, 0.29) is 23.6 Å². The van der Waals surface area contributed by atoms with Crippen LogP contribution in [0.2, 0.25) is 0 Å². The van der Waals surface area contributed by atoms with Crippen molar-refractivity contribution in [3.05, 3.63) is 74.6 Å². The van der Waals surface area contributed by atoms with E-state index in [4.69, 9.17) is 9.15 Å². The Morgan fingerprint density at radius 3 is 2.47 bits per heavy atom. The Hall–Kier alpha value is -2.97. The number of fused-ring (bicyclic) bond motifs is 1. The van der Waals surface area contributed by atoms with Gasteiger partial charge in [-0.15, -0.1) is 0 Å². The summed E-state index contributed by atoms with van der Waals surface area (Å²) in [4.78, 5) is 24.6. The standard InChI is InChI=1S/C22H23NO6S/c1-5-23-30(26,27)17-8-6-14(3)19(11-17)22(25)28-12-16-10-20(24)29-21-15(4)13(2)7-9-18(16)21/h6-11,23H,5,12H2,1-4H3. The number of rotatable bonds is 6. The topological polar surface area (TPSA) is 103 Å². The van der Waals surface area contributed by atoms with Gasteiger partial charge in [0.05, 0.1) is 10.5 Å². The molecule has 1 aromatic heterocycles. The fraction of sp³-hybridized carbons (Fsp3) is 0.273. The molecule has 3 rings (SSSR count). The van der Waals surface area contributed by atoms with Gasteiger partial charge in [0.2, 0.25) is 10.0 Å². The van der Waals surface area contributed by atoms with Crippen molar-refractivity contribution in [2.45, 2.75) is 39.2 Å². The number of esters is 1. The van der Waals surface area contributed by atoms with Gasteiger partial charge < -0.3 is 9.15 Å². The fourth-order valence-corrected chi connectivity index (χ4v) is 4.19. The highest BCUT2D eigenvalue weighted by molar-refractivity contribution is 7.89. The Balaban J connectivity index is 1.92. The number of carbonyl (C=O) groups is 1. The van der Waals surface area contributed by atoms with Crippen LogP contribution >= 0.6 is 0 Å². The van der Waals surface area contributed by atoms with Crippen LogP contribution in [0.4, 0.5) is 0 Å². The molecule has 0 saturated heterocycles. The van der Waals surface area contributed by atoms with Crippen molar-refractivity contribution < 1.29 is 22.4 Å². The molecule has 0 fully saturated rings. The van der Waals surface area contributed by atoms with E-state index in [1.807, 2.05) is 26.0 Å². The van der Waals surface area contributed by atoms with Crippen molar-refractivity contribution >= 4 is 27.0 Å². The molecule has 0 aliphatic carbocycles. The second-order valence-electron chi connectivity index (χ2n) is 7.03. The average Bonchev–Trinajstić information content (AvgIpc) is 2.69. The number of carbonyl (C=O) groups excluding carboxylic acids is 1. The lowest BCUT2D eigenvalue weighted by atomic mass is 10.0. The zero-order chi connectivity index (χ0) is 22.1. The van der Waals surface area contributed by atoms with Crippen molar-refractivity contribution in [1.82, 2.24) is 4.72 Å². The first kappa shape index (κ1) is 21.7. The zero-order valence-corrected chi connectivity index (χ0v) is 18.1. The molecule has 1 N–H and O–H groups in total. The van der Waals surface area contributed by atoms with Crippen molar-refractivity contribution in [2.75, 3.05) is 6.54 Å². The van der Waals surface area contributed by atoms with Gasteiger partial charge >= 0.3 is 11.6 Å². The average molecular weight is 429 g/mol. The molecule has 0 unspecified atom stereocenters. The van der Waals surface area contributed by atoms with Crippen LogP contribution in [-0.4, -0.2) is 20.9 Å². The summed E-state index contributed by atoms with van der Waals surface area (Å²) in [5.41, 5.74) is 3.00. The van der Waals surface area contributed by atoms with Gasteiger partial charge in [0.25, 0.3) is 0 Å². The van der Waals surface area contributed by atoms with E-state index in [0.717, 1.165) is 11.1 Å². The number of aryl methyl sites for hydroxylation is 3. The lowest BCUT2D eigenvalue weighted by Crippen LogP contribution is -2.23. The fourth-order valence-electron chi connectivity index (χ4n) is 3.13. The Labute approximate surface area is 174 Å².